The van der Waals surface area contributed by atoms with Gasteiger partial charge >= 0.3 is 5.24 Å². The van der Waals surface area contributed by atoms with Crippen LogP contribution in [0, 0.1) is 18.8 Å². The Hall–Kier alpha value is -1.82. The zero-order valence-corrected chi connectivity index (χ0v) is 19.0. The largest absolute Gasteiger partial charge is 0.316 e. The van der Waals surface area contributed by atoms with Crippen LogP contribution in [0.2, 0.25) is 0 Å². The van der Waals surface area contributed by atoms with E-state index in [4.69, 9.17) is 9.47 Å². The van der Waals surface area contributed by atoms with Gasteiger partial charge in [0.25, 0.3) is 0 Å². The molecule has 5 atom stereocenters. The zero-order valence-electron chi connectivity index (χ0n) is 18.2. The van der Waals surface area contributed by atoms with E-state index in [1.54, 1.807) is 11.8 Å². The topological polar surface area (TPSA) is 38.8 Å². The van der Waals surface area contributed by atoms with Crippen LogP contribution >= 0.6 is 11.8 Å². The third-order valence-corrected chi connectivity index (χ3v) is 8.06. The minimum Gasteiger partial charge on any atom is -0.316 e. The number of carbonyl (C=O) groups is 1. The van der Waals surface area contributed by atoms with Crippen LogP contribution in [0.4, 0.5) is 0 Å². The van der Waals surface area contributed by atoms with Crippen molar-refractivity contribution in [3.05, 3.63) is 71.3 Å². The number of ether oxygens (including phenoxy) is 2. The van der Waals surface area contributed by atoms with Crippen LogP contribution in [0.25, 0.3) is 0 Å². The summed E-state index contributed by atoms with van der Waals surface area (Å²) in [6.07, 6.45) is -0.331. The van der Waals surface area contributed by atoms with E-state index in [0.29, 0.717) is 0 Å². The highest BCUT2D eigenvalue weighted by molar-refractivity contribution is 8.00. The molecule has 4 aliphatic heterocycles. The smallest absolute Gasteiger partial charge is 0.309 e. The first kappa shape index (κ1) is 20.1. The molecule has 158 valence electrons. The van der Waals surface area contributed by atoms with Gasteiger partial charge < -0.3 is 9.47 Å². The van der Waals surface area contributed by atoms with Gasteiger partial charge in [-0.3, -0.25) is 9.69 Å². The van der Waals surface area contributed by atoms with E-state index < -0.39 is 10.8 Å². The van der Waals surface area contributed by atoms with E-state index >= 15 is 0 Å². The van der Waals surface area contributed by atoms with Gasteiger partial charge in [0.15, 0.2) is 0 Å². The molecule has 4 nitrogen and oxygen atoms in total. The average molecular weight is 424 g/mol. The van der Waals surface area contributed by atoms with Crippen molar-refractivity contribution in [2.24, 2.45) is 11.8 Å². The van der Waals surface area contributed by atoms with Crippen LogP contribution in [0.1, 0.15) is 55.7 Å². The summed E-state index contributed by atoms with van der Waals surface area (Å²) in [5, 5.41) is -1.11. The van der Waals surface area contributed by atoms with Crippen molar-refractivity contribution in [1.82, 2.24) is 4.90 Å². The van der Waals surface area contributed by atoms with Crippen molar-refractivity contribution < 1.29 is 14.3 Å². The number of aryl methyl sites for hydroxylation is 1. The van der Waals surface area contributed by atoms with Crippen molar-refractivity contribution in [2.75, 3.05) is 0 Å². The second kappa shape index (κ2) is 6.84. The highest BCUT2D eigenvalue weighted by Gasteiger charge is 2.71. The second-order valence-electron chi connectivity index (χ2n) is 9.55. The fourth-order valence-electron chi connectivity index (χ4n) is 5.48. The van der Waals surface area contributed by atoms with Gasteiger partial charge in [-0.15, -0.1) is 0 Å². The molecule has 5 heteroatoms. The van der Waals surface area contributed by atoms with Crippen molar-refractivity contribution in [3.63, 3.8) is 0 Å². The lowest BCUT2D eigenvalue weighted by atomic mass is 9.83. The SMILES string of the molecule is Cc1ccc([C@H]2O[C@@]34OC(C)(C)[C@H](C(C)C)N3C(=O)[C@H]2[C@H](c2ccccc2)S4)cc1. The highest BCUT2D eigenvalue weighted by atomic mass is 32.2. The van der Waals surface area contributed by atoms with Crippen molar-refractivity contribution >= 4 is 17.7 Å². The highest BCUT2D eigenvalue weighted by Crippen LogP contribution is 2.66. The molecule has 0 N–H and O–H groups in total. The van der Waals surface area contributed by atoms with Crippen LogP contribution < -0.4 is 0 Å². The molecule has 0 unspecified atom stereocenters. The summed E-state index contributed by atoms with van der Waals surface area (Å²) >= 11 is 1.64. The summed E-state index contributed by atoms with van der Waals surface area (Å²) in [6.45, 7) is 10.5. The molecular weight excluding hydrogens is 394 g/mol. The number of rotatable bonds is 3. The van der Waals surface area contributed by atoms with Crippen LogP contribution in [-0.4, -0.2) is 27.7 Å². The molecular formula is C25H29NO3S. The zero-order chi connectivity index (χ0) is 21.3. The monoisotopic (exact) mass is 423 g/mol. The van der Waals surface area contributed by atoms with Crippen LogP contribution in [-0.2, 0) is 14.3 Å². The molecule has 4 aliphatic rings. The predicted octanol–water partition coefficient (Wildman–Crippen LogP) is 5.44. The predicted molar refractivity (Wildman–Crippen MR) is 119 cm³/mol. The van der Waals surface area contributed by atoms with Gasteiger partial charge in [0.1, 0.15) is 6.10 Å². The van der Waals surface area contributed by atoms with E-state index in [0.717, 1.165) is 11.1 Å². The number of hydrogen-bond donors (Lipinski definition) is 0. The maximum atomic E-state index is 14.1. The van der Waals surface area contributed by atoms with Crippen LogP contribution in [0.5, 0.6) is 0 Å². The second-order valence-corrected chi connectivity index (χ2v) is 10.8. The Labute approximate surface area is 182 Å². The van der Waals surface area contributed by atoms with Gasteiger partial charge in [-0.2, -0.15) is 0 Å². The Balaban J connectivity index is 1.65. The quantitative estimate of drug-likeness (QED) is 0.659. The summed E-state index contributed by atoms with van der Waals surface area (Å²) in [5.74, 6) is 0.115. The molecule has 1 amide bonds. The van der Waals surface area contributed by atoms with Gasteiger partial charge in [0.2, 0.25) is 5.91 Å². The molecule has 30 heavy (non-hydrogen) atoms. The Bertz CT molecular complexity index is 958. The molecule has 0 aliphatic carbocycles. The van der Waals surface area contributed by atoms with Gasteiger partial charge in [-0.1, -0.05) is 85.8 Å². The summed E-state index contributed by atoms with van der Waals surface area (Å²) in [6, 6.07) is 18.6. The third-order valence-electron chi connectivity index (χ3n) is 6.57. The van der Waals surface area contributed by atoms with E-state index in [1.807, 2.05) is 23.1 Å². The number of hydrogen-bond acceptors (Lipinski definition) is 4. The Kier molecular flexibility index (Phi) is 4.58. The van der Waals surface area contributed by atoms with Crippen LogP contribution in [0.3, 0.4) is 0 Å². The Morgan fingerprint density at radius 1 is 1.00 bits per heavy atom. The molecule has 0 saturated carbocycles. The minimum absolute atomic E-state index is 0.0169. The number of carbonyl (C=O) groups excluding carboxylic acids is 1. The van der Waals surface area contributed by atoms with Crippen LogP contribution in [0.15, 0.2) is 54.6 Å². The van der Waals surface area contributed by atoms with E-state index in [2.05, 4.69) is 71.0 Å². The molecule has 4 heterocycles. The summed E-state index contributed by atoms with van der Waals surface area (Å²) < 4.78 is 13.4. The number of nitrogens with zero attached hydrogens (tertiary/aromatic N) is 1. The molecule has 4 fully saturated rings. The number of thioether (sulfide) groups is 1. The molecule has 0 radical (unpaired) electrons. The third kappa shape index (κ3) is 2.86. The van der Waals surface area contributed by atoms with Crippen molar-refractivity contribution in [3.8, 4) is 0 Å². The first-order valence-electron chi connectivity index (χ1n) is 10.7. The van der Waals surface area contributed by atoms with E-state index in [1.165, 1.54) is 5.56 Å². The maximum absolute atomic E-state index is 14.1. The first-order valence-corrected chi connectivity index (χ1v) is 11.6. The summed E-state index contributed by atoms with van der Waals surface area (Å²) in [5.41, 5.74) is 2.89. The van der Waals surface area contributed by atoms with Gasteiger partial charge in [-0.25, -0.2) is 0 Å². The lowest BCUT2D eigenvalue weighted by Crippen LogP contribution is -2.65. The van der Waals surface area contributed by atoms with Crippen molar-refractivity contribution in [1.29, 1.82) is 0 Å². The lowest BCUT2D eigenvalue weighted by Gasteiger charge is -2.55. The standard InChI is InChI=1S/C25H29NO3S/c1-15(2)22-24(4,5)29-25-26(22)23(27)19(21(30-25)18-9-7-6-8-10-18)20(28-25)17-13-11-16(3)12-14-17/h6-15,19-22H,1-5H3/t19-,20-,21+,22+,25-/m1/s1. The molecule has 6 rings (SSSR count). The van der Waals surface area contributed by atoms with E-state index in [-0.39, 0.29) is 35.1 Å². The normalized spacial score (nSPS) is 34.5. The number of benzene rings is 2. The number of fused-ring (bicyclic) bond motifs is 2. The molecule has 2 aromatic carbocycles. The average Bonchev–Trinajstić information content (AvgIpc) is 2.95. The van der Waals surface area contributed by atoms with Gasteiger partial charge in [-0.05, 0) is 37.8 Å². The fraction of sp³-hybridized carbons (Fsp3) is 0.480. The lowest BCUT2D eigenvalue weighted by molar-refractivity contribution is -0.286. The summed E-state index contributed by atoms with van der Waals surface area (Å²) in [4.78, 5) is 16.0. The molecule has 2 aromatic rings. The van der Waals surface area contributed by atoms with Gasteiger partial charge in [0, 0.05) is 0 Å². The Morgan fingerprint density at radius 3 is 2.30 bits per heavy atom. The molecule has 0 aromatic heterocycles. The number of amides is 1. The van der Waals surface area contributed by atoms with Crippen molar-refractivity contribution in [2.45, 2.75) is 62.9 Å². The first-order chi connectivity index (χ1) is 14.2. The Morgan fingerprint density at radius 2 is 1.67 bits per heavy atom. The summed E-state index contributed by atoms with van der Waals surface area (Å²) in [7, 11) is 0. The molecule has 2 bridgehead atoms. The van der Waals surface area contributed by atoms with E-state index in [9.17, 15) is 4.79 Å². The minimum atomic E-state index is -1.10. The fourth-order valence-corrected chi connectivity index (χ4v) is 7.24. The molecule has 4 saturated heterocycles. The van der Waals surface area contributed by atoms with Gasteiger partial charge in [0.05, 0.1) is 22.8 Å². The maximum Gasteiger partial charge on any atom is 0.309 e. The molecule has 1 spiro atoms.